The van der Waals surface area contributed by atoms with Crippen molar-refractivity contribution in [2.45, 2.75) is 19.4 Å². The maximum absolute atomic E-state index is 12.0. The maximum atomic E-state index is 12.0. The molecule has 4 heteroatoms. The van der Waals surface area contributed by atoms with Crippen molar-refractivity contribution in [1.82, 2.24) is 10.3 Å². The van der Waals surface area contributed by atoms with E-state index in [1.807, 2.05) is 30.3 Å². The fraction of sp³-hybridized carbons (Fsp3) is 0.438. The third-order valence-electron chi connectivity index (χ3n) is 3.83. The van der Waals surface area contributed by atoms with E-state index in [4.69, 9.17) is 4.74 Å². The summed E-state index contributed by atoms with van der Waals surface area (Å²) in [5, 5.41) is 4.45. The molecule has 0 amide bonds. The summed E-state index contributed by atoms with van der Waals surface area (Å²) in [5.41, 5.74) is 1.68. The molecule has 0 aliphatic carbocycles. The van der Waals surface area contributed by atoms with E-state index in [9.17, 15) is 4.79 Å². The first-order valence-electron chi connectivity index (χ1n) is 7.22. The van der Waals surface area contributed by atoms with Crippen molar-refractivity contribution in [2.75, 3.05) is 19.8 Å². The molecule has 1 saturated heterocycles. The summed E-state index contributed by atoms with van der Waals surface area (Å²) in [5.74, 6) is 0.572. The summed E-state index contributed by atoms with van der Waals surface area (Å²) in [6.45, 7) is 3.24. The van der Waals surface area contributed by atoms with Gasteiger partial charge >= 0.3 is 0 Å². The molecule has 1 aliphatic heterocycles. The van der Waals surface area contributed by atoms with Gasteiger partial charge in [-0.1, -0.05) is 18.2 Å². The van der Waals surface area contributed by atoms with Gasteiger partial charge in [0.05, 0.1) is 6.61 Å². The molecule has 2 N–H and O–H groups in total. The molecule has 1 aromatic carbocycles. The number of H-pyrrole nitrogens is 1. The first-order valence-corrected chi connectivity index (χ1v) is 7.22. The van der Waals surface area contributed by atoms with Crippen molar-refractivity contribution in [3.63, 3.8) is 0 Å². The number of benzene rings is 1. The quantitative estimate of drug-likeness (QED) is 0.895. The number of hydrogen-bond acceptors (Lipinski definition) is 3. The Bertz CT molecular complexity index is 630. The normalized spacial score (nSPS) is 19.3. The van der Waals surface area contributed by atoms with Crippen LogP contribution in [0.5, 0.6) is 0 Å². The Hall–Kier alpha value is -1.65. The second kappa shape index (κ2) is 6.20. The summed E-state index contributed by atoms with van der Waals surface area (Å²) in [4.78, 5) is 14.9. The molecule has 106 valence electrons. The highest BCUT2D eigenvalue weighted by Crippen LogP contribution is 2.13. The lowest BCUT2D eigenvalue weighted by atomic mass is 10.0. The fourth-order valence-electron chi connectivity index (χ4n) is 2.70. The highest BCUT2D eigenvalue weighted by molar-refractivity contribution is 5.78. The molecular formula is C16H20N2O2. The summed E-state index contributed by atoms with van der Waals surface area (Å²) in [6.07, 6.45) is 2.35. The van der Waals surface area contributed by atoms with Gasteiger partial charge in [-0.15, -0.1) is 0 Å². The minimum atomic E-state index is -0.00362. The number of para-hydroxylation sites is 1. The van der Waals surface area contributed by atoms with E-state index in [1.165, 1.54) is 6.42 Å². The lowest BCUT2D eigenvalue weighted by Gasteiger charge is -2.22. The van der Waals surface area contributed by atoms with Crippen molar-refractivity contribution < 1.29 is 4.74 Å². The van der Waals surface area contributed by atoms with Crippen LogP contribution in [0.4, 0.5) is 0 Å². The van der Waals surface area contributed by atoms with Gasteiger partial charge in [0.2, 0.25) is 0 Å². The topological polar surface area (TPSA) is 54.1 Å². The Balaban J connectivity index is 1.64. The van der Waals surface area contributed by atoms with Crippen LogP contribution in [-0.4, -0.2) is 24.7 Å². The van der Waals surface area contributed by atoms with Crippen molar-refractivity contribution in [3.05, 3.63) is 46.2 Å². The third-order valence-corrected chi connectivity index (χ3v) is 3.83. The van der Waals surface area contributed by atoms with Gasteiger partial charge in [-0.2, -0.15) is 0 Å². The molecule has 1 atom stereocenters. The molecule has 0 radical (unpaired) electrons. The van der Waals surface area contributed by atoms with Crippen LogP contribution in [0.2, 0.25) is 0 Å². The van der Waals surface area contributed by atoms with E-state index < -0.39 is 0 Å². The number of hydrogen-bond donors (Lipinski definition) is 2. The van der Waals surface area contributed by atoms with Crippen LogP contribution in [0.3, 0.4) is 0 Å². The summed E-state index contributed by atoms with van der Waals surface area (Å²) < 4.78 is 5.46. The molecule has 1 aliphatic rings. The molecule has 20 heavy (non-hydrogen) atoms. The lowest BCUT2D eigenvalue weighted by molar-refractivity contribution is 0.0547. The monoisotopic (exact) mass is 272 g/mol. The molecule has 1 aromatic heterocycles. The highest BCUT2D eigenvalue weighted by Gasteiger charge is 2.13. The average molecular weight is 272 g/mol. The van der Waals surface area contributed by atoms with E-state index in [2.05, 4.69) is 10.3 Å². The van der Waals surface area contributed by atoms with Gasteiger partial charge in [0.15, 0.2) is 0 Å². The van der Waals surface area contributed by atoms with Crippen LogP contribution < -0.4 is 10.9 Å². The van der Waals surface area contributed by atoms with E-state index >= 15 is 0 Å². The van der Waals surface area contributed by atoms with E-state index in [-0.39, 0.29) is 5.56 Å². The van der Waals surface area contributed by atoms with Crippen LogP contribution in [0, 0.1) is 5.92 Å². The number of aromatic amines is 1. The van der Waals surface area contributed by atoms with Crippen LogP contribution in [0.1, 0.15) is 18.4 Å². The Morgan fingerprint density at radius 3 is 3.10 bits per heavy atom. The van der Waals surface area contributed by atoms with Gasteiger partial charge in [-0.25, -0.2) is 0 Å². The molecule has 4 nitrogen and oxygen atoms in total. The van der Waals surface area contributed by atoms with Gasteiger partial charge in [-0.05, 0) is 36.3 Å². The molecular weight excluding hydrogens is 252 g/mol. The lowest BCUT2D eigenvalue weighted by Crippen LogP contribution is -2.30. The average Bonchev–Trinajstić information content (AvgIpc) is 2.49. The van der Waals surface area contributed by atoms with Gasteiger partial charge in [0.1, 0.15) is 0 Å². The largest absolute Gasteiger partial charge is 0.381 e. The van der Waals surface area contributed by atoms with Crippen molar-refractivity contribution >= 4 is 10.9 Å². The fourth-order valence-corrected chi connectivity index (χ4v) is 2.70. The Kier molecular flexibility index (Phi) is 4.14. The number of fused-ring (bicyclic) bond motifs is 1. The van der Waals surface area contributed by atoms with Crippen molar-refractivity contribution in [3.8, 4) is 0 Å². The third kappa shape index (κ3) is 3.08. The molecule has 0 unspecified atom stereocenters. The van der Waals surface area contributed by atoms with Gasteiger partial charge < -0.3 is 15.0 Å². The molecule has 2 heterocycles. The second-order valence-electron chi connectivity index (χ2n) is 5.43. The minimum Gasteiger partial charge on any atom is -0.381 e. The highest BCUT2D eigenvalue weighted by atomic mass is 16.5. The van der Waals surface area contributed by atoms with Gasteiger partial charge in [0, 0.05) is 30.8 Å². The maximum Gasteiger partial charge on any atom is 0.252 e. The Morgan fingerprint density at radius 1 is 1.35 bits per heavy atom. The number of pyridine rings is 1. The molecule has 2 aromatic rings. The molecule has 3 rings (SSSR count). The first-order chi connectivity index (χ1) is 9.83. The predicted octanol–water partition coefficient (Wildman–Crippen LogP) is 2.04. The first kappa shape index (κ1) is 13.3. The second-order valence-corrected chi connectivity index (χ2v) is 5.43. The Labute approximate surface area is 118 Å². The molecule has 0 spiro atoms. The van der Waals surface area contributed by atoms with Crippen LogP contribution in [0.25, 0.3) is 10.9 Å². The number of aromatic nitrogens is 1. The number of nitrogens with one attached hydrogen (secondary N) is 2. The molecule has 1 fully saturated rings. The zero-order valence-electron chi connectivity index (χ0n) is 11.5. The zero-order valence-corrected chi connectivity index (χ0v) is 11.5. The van der Waals surface area contributed by atoms with Crippen molar-refractivity contribution in [2.24, 2.45) is 5.92 Å². The predicted molar refractivity (Wildman–Crippen MR) is 79.8 cm³/mol. The smallest absolute Gasteiger partial charge is 0.252 e. The van der Waals surface area contributed by atoms with Gasteiger partial charge in [0.25, 0.3) is 5.56 Å². The van der Waals surface area contributed by atoms with E-state index in [0.29, 0.717) is 12.5 Å². The SMILES string of the molecule is O=c1[nH]c2ccccc2cc1CNC[C@@H]1CCCOC1. The molecule has 0 bridgehead atoms. The summed E-state index contributed by atoms with van der Waals surface area (Å²) >= 11 is 0. The Morgan fingerprint density at radius 2 is 2.25 bits per heavy atom. The van der Waals surface area contributed by atoms with Gasteiger partial charge in [-0.3, -0.25) is 4.79 Å². The summed E-state index contributed by atoms with van der Waals surface area (Å²) in [7, 11) is 0. The van der Waals surface area contributed by atoms with Crippen molar-refractivity contribution in [1.29, 1.82) is 0 Å². The minimum absolute atomic E-state index is 0.00362. The zero-order chi connectivity index (χ0) is 13.8. The van der Waals surface area contributed by atoms with Crippen LogP contribution >= 0.6 is 0 Å². The van der Waals surface area contributed by atoms with Crippen LogP contribution in [-0.2, 0) is 11.3 Å². The number of rotatable bonds is 4. The number of ether oxygens (including phenoxy) is 1. The standard InChI is InChI=1S/C16H20N2O2/c19-16-14(8-13-5-1-2-6-15(13)18-16)10-17-9-12-4-3-7-20-11-12/h1-2,5-6,8,12,17H,3-4,7,9-11H2,(H,18,19)/t12-/m0/s1. The van der Waals surface area contributed by atoms with Crippen LogP contribution in [0.15, 0.2) is 35.1 Å². The van der Waals surface area contributed by atoms with E-state index in [1.54, 1.807) is 0 Å². The molecule has 0 saturated carbocycles. The summed E-state index contributed by atoms with van der Waals surface area (Å²) in [6, 6.07) is 9.83. The van der Waals surface area contributed by atoms with E-state index in [0.717, 1.165) is 42.6 Å².